The van der Waals surface area contributed by atoms with E-state index in [0.717, 1.165) is 0 Å². The Hall–Kier alpha value is -0.750. The average molecular weight is 242 g/mol. The maximum Gasteiger partial charge on any atom is 0.190 e. The summed E-state index contributed by atoms with van der Waals surface area (Å²) < 4.78 is 22.4. The Balaban J connectivity index is 2.08. The van der Waals surface area contributed by atoms with E-state index in [-0.39, 0.29) is 24.1 Å². The minimum absolute atomic E-state index is 0.0253. The molecule has 0 saturated carbocycles. The van der Waals surface area contributed by atoms with Crippen molar-refractivity contribution in [3.05, 3.63) is 12.2 Å². The molecule has 5 nitrogen and oxygen atoms in total. The second-order valence-corrected chi connectivity index (χ2v) is 4.74. The molecule has 0 N–H and O–H groups in total. The molecule has 0 amide bonds. The second-order valence-electron chi connectivity index (χ2n) is 4.74. The molecule has 0 aliphatic carbocycles. The second kappa shape index (κ2) is 4.49. The zero-order valence-electron chi connectivity index (χ0n) is 10.5. The summed E-state index contributed by atoms with van der Waals surface area (Å²) in [5, 5.41) is 0. The molecule has 0 aromatic heterocycles. The van der Waals surface area contributed by atoms with Gasteiger partial charge in [0.25, 0.3) is 0 Å². The fourth-order valence-electron chi connectivity index (χ4n) is 2.16. The zero-order valence-corrected chi connectivity index (χ0v) is 10.5. The number of ketones is 1. The predicted octanol–water partition coefficient (Wildman–Crippen LogP) is 1.02. The maximum absolute atomic E-state index is 10.9. The van der Waals surface area contributed by atoms with Crippen molar-refractivity contribution >= 4 is 5.78 Å². The highest BCUT2D eigenvalue weighted by Crippen LogP contribution is 2.38. The number of methoxy groups -OCH3 is 1. The largest absolute Gasteiger partial charge is 0.375 e. The first-order chi connectivity index (χ1) is 7.93. The predicted molar refractivity (Wildman–Crippen MR) is 59.3 cm³/mol. The fraction of sp³-hybridized carbons (Fsp3) is 0.750. The van der Waals surface area contributed by atoms with Gasteiger partial charge in [-0.3, -0.25) is 4.79 Å². The summed E-state index contributed by atoms with van der Waals surface area (Å²) in [7, 11) is 1.60. The van der Waals surface area contributed by atoms with Gasteiger partial charge in [0.15, 0.2) is 17.9 Å². The van der Waals surface area contributed by atoms with Gasteiger partial charge in [-0.05, 0) is 32.9 Å². The van der Waals surface area contributed by atoms with Crippen molar-refractivity contribution in [1.29, 1.82) is 0 Å². The monoisotopic (exact) mass is 242 g/mol. The van der Waals surface area contributed by atoms with Gasteiger partial charge in [-0.2, -0.15) is 0 Å². The number of carbonyl (C=O) groups is 1. The highest BCUT2D eigenvalue weighted by atomic mass is 16.8. The number of carbonyl (C=O) groups excluding carboxylic acids is 1. The summed E-state index contributed by atoms with van der Waals surface area (Å²) in [6.45, 7) is 5.16. The van der Waals surface area contributed by atoms with Crippen LogP contribution in [0.1, 0.15) is 20.8 Å². The molecule has 0 spiro atoms. The van der Waals surface area contributed by atoms with E-state index in [1.165, 1.54) is 13.0 Å². The third kappa shape index (κ3) is 2.57. The molecular formula is C12H18O5. The highest BCUT2D eigenvalue weighted by molar-refractivity contribution is 5.87. The summed E-state index contributed by atoms with van der Waals surface area (Å²) in [5.74, 6) is -0.677. The van der Waals surface area contributed by atoms with Crippen LogP contribution in [0.4, 0.5) is 0 Å². The van der Waals surface area contributed by atoms with Gasteiger partial charge in [-0.25, -0.2) is 0 Å². The van der Waals surface area contributed by atoms with Crippen molar-refractivity contribution in [2.45, 2.75) is 51.2 Å². The third-order valence-corrected chi connectivity index (χ3v) is 2.82. The number of fused-ring (bicyclic) bond motifs is 1. The number of allylic oxidation sites excluding steroid dienone is 1. The lowest BCUT2D eigenvalue weighted by Crippen LogP contribution is -2.35. The van der Waals surface area contributed by atoms with Gasteiger partial charge in [0.2, 0.25) is 0 Å². The Morgan fingerprint density at radius 3 is 2.65 bits per heavy atom. The Morgan fingerprint density at radius 2 is 2.06 bits per heavy atom. The van der Waals surface area contributed by atoms with Crippen molar-refractivity contribution in [2.75, 3.05) is 7.11 Å². The van der Waals surface area contributed by atoms with E-state index < -0.39 is 12.1 Å². The first-order valence-electron chi connectivity index (χ1n) is 5.65. The molecule has 4 atom stereocenters. The number of hydrogen-bond acceptors (Lipinski definition) is 5. The summed E-state index contributed by atoms with van der Waals surface area (Å²) >= 11 is 0. The molecule has 96 valence electrons. The van der Waals surface area contributed by atoms with E-state index in [4.69, 9.17) is 18.9 Å². The van der Waals surface area contributed by atoms with Crippen molar-refractivity contribution in [3.8, 4) is 0 Å². The van der Waals surface area contributed by atoms with E-state index in [2.05, 4.69) is 0 Å². The van der Waals surface area contributed by atoms with E-state index in [1.54, 1.807) is 13.2 Å². The van der Waals surface area contributed by atoms with Crippen LogP contribution in [0.15, 0.2) is 12.2 Å². The third-order valence-electron chi connectivity index (χ3n) is 2.82. The molecule has 2 aliphatic rings. The lowest BCUT2D eigenvalue weighted by Gasteiger charge is -2.23. The van der Waals surface area contributed by atoms with Crippen LogP contribution < -0.4 is 0 Å². The van der Waals surface area contributed by atoms with Crippen LogP contribution in [0.3, 0.4) is 0 Å². The molecule has 0 aromatic rings. The highest BCUT2D eigenvalue weighted by Gasteiger charge is 2.54. The Morgan fingerprint density at radius 1 is 1.35 bits per heavy atom. The van der Waals surface area contributed by atoms with E-state index >= 15 is 0 Å². The molecule has 2 heterocycles. The number of ether oxygens (including phenoxy) is 4. The molecule has 2 rings (SSSR count). The molecule has 0 bridgehead atoms. The standard InChI is InChI=1S/C12H18O5/c1-7(13)5-6-8-9(14-4)10-11(15-8)17-12(2,3)16-10/h5-6,8-11H,1-4H3/b6-5-/t8-,9-,10+,11-/m0/s1. The van der Waals surface area contributed by atoms with Crippen molar-refractivity contribution in [2.24, 2.45) is 0 Å². The fourth-order valence-corrected chi connectivity index (χ4v) is 2.16. The molecule has 2 saturated heterocycles. The van der Waals surface area contributed by atoms with Crippen LogP contribution in [0.2, 0.25) is 0 Å². The van der Waals surface area contributed by atoms with Crippen LogP contribution in [0.25, 0.3) is 0 Å². The lowest BCUT2D eigenvalue weighted by molar-refractivity contribution is -0.210. The Bertz CT molecular complexity index is 336. The lowest BCUT2D eigenvalue weighted by atomic mass is 10.1. The van der Waals surface area contributed by atoms with Gasteiger partial charge in [-0.15, -0.1) is 0 Å². The summed E-state index contributed by atoms with van der Waals surface area (Å²) in [4.78, 5) is 10.9. The molecule has 0 aromatic carbocycles. The van der Waals surface area contributed by atoms with Crippen molar-refractivity contribution in [3.63, 3.8) is 0 Å². The van der Waals surface area contributed by atoms with Crippen LogP contribution in [-0.2, 0) is 23.7 Å². The van der Waals surface area contributed by atoms with Crippen LogP contribution in [-0.4, -0.2) is 43.3 Å². The molecule has 5 heteroatoms. The van der Waals surface area contributed by atoms with E-state index in [9.17, 15) is 4.79 Å². The summed E-state index contributed by atoms with van der Waals surface area (Å²) in [6.07, 6.45) is 1.91. The molecule has 2 fully saturated rings. The van der Waals surface area contributed by atoms with Crippen LogP contribution in [0, 0.1) is 0 Å². The van der Waals surface area contributed by atoms with Gasteiger partial charge >= 0.3 is 0 Å². The molecular weight excluding hydrogens is 224 g/mol. The molecule has 0 radical (unpaired) electrons. The Kier molecular flexibility index (Phi) is 3.36. The Labute approximate surface area is 101 Å². The minimum Gasteiger partial charge on any atom is -0.375 e. The molecule has 2 aliphatic heterocycles. The van der Waals surface area contributed by atoms with Crippen molar-refractivity contribution in [1.82, 2.24) is 0 Å². The molecule has 0 unspecified atom stereocenters. The number of rotatable bonds is 3. The van der Waals surface area contributed by atoms with Crippen LogP contribution in [0.5, 0.6) is 0 Å². The quantitative estimate of drug-likeness (QED) is 0.692. The molecule has 17 heavy (non-hydrogen) atoms. The van der Waals surface area contributed by atoms with Gasteiger partial charge in [0, 0.05) is 7.11 Å². The van der Waals surface area contributed by atoms with E-state index in [1.807, 2.05) is 13.8 Å². The smallest absolute Gasteiger partial charge is 0.190 e. The average Bonchev–Trinajstić information content (AvgIpc) is 2.65. The SMILES string of the molecule is CO[C@@H]1[C@H]2OC(C)(C)O[C@@H]2O[C@H]1/C=C\C(C)=O. The van der Waals surface area contributed by atoms with Gasteiger partial charge < -0.3 is 18.9 Å². The van der Waals surface area contributed by atoms with Crippen molar-refractivity contribution < 1.29 is 23.7 Å². The number of hydrogen-bond donors (Lipinski definition) is 0. The first-order valence-corrected chi connectivity index (χ1v) is 5.65. The maximum atomic E-state index is 10.9. The van der Waals surface area contributed by atoms with E-state index in [0.29, 0.717) is 0 Å². The summed E-state index contributed by atoms with van der Waals surface area (Å²) in [6, 6.07) is 0. The van der Waals surface area contributed by atoms with Crippen LogP contribution >= 0.6 is 0 Å². The summed E-state index contributed by atoms with van der Waals surface area (Å²) in [5.41, 5.74) is 0. The van der Waals surface area contributed by atoms with Gasteiger partial charge in [-0.1, -0.05) is 0 Å². The first kappa shape index (κ1) is 12.7. The van der Waals surface area contributed by atoms with Gasteiger partial charge in [0.05, 0.1) is 0 Å². The zero-order chi connectivity index (χ0) is 12.6. The minimum atomic E-state index is -0.651. The topological polar surface area (TPSA) is 54.0 Å². The normalized spacial score (nSPS) is 39.8. The van der Waals surface area contributed by atoms with Gasteiger partial charge in [0.1, 0.15) is 18.3 Å².